The maximum absolute atomic E-state index is 12.4. The van der Waals surface area contributed by atoms with Gasteiger partial charge in [0, 0.05) is 38.1 Å². The van der Waals surface area contributed by atoms with Crippen molar-refractivity contribution in [1.82, 2.24) is 14.8 Å². The van der Waals surface area contributed by atoms with E-state index in [1.54, 1.807) is 4.90 Å². The van der Waals surface area contributed by atoms with Gasteiger partial charge in [0.1, 0.15) is 0 Å². The number of sulfone groups is 1. The number of hydrogen-bond acceptors (Lipinski definition) is 3. The lowest BCUT2D eigenvalue weighted by Crippen LogP contribution is -2.46. The smallest absolute Gasteiger partial charge is 0.317 e. The number of carbonyl (C=O) groups is 1. The van der Waals surface area contributed by atoms with Gasteiger partial charge in [-0.1, -0.05) is 6.92 Å². The highest BCUT2D eigenvalue weighted by molar-refractivity contribution is 7.91. The maximum Gasteiger partial charge on any atom is 0.317 e. The van der Waals surface area contributed by atoms with Crippen LogP contribution in [0.2, 0.25) is 0 Å². The van der Waals surface area contributed by atoms with Gasteiger partial charge in [0.15, 0.2) is 9.84 Å². The number of hydrogen-bond donors (Lipinski definition) is 1. The molecule has 130 valence electrons. The van der Waals surface area contributed by atoms with E-state index in [9.17, 15) is 13.2 Å². The van der Waals surface area contributed by atoms with Crippen LogP contribution in [0, 0.1) is 5.92 Å². The van der Waals surface area contributed by atoms with Crippen LogP contribution in [0.3, 0.4) is 0 Å². The molecule has 2 atom stereocenters. The van der Waals surface area contributed by atoms with Crippen LogP contribution in [0.5, 0.6) is 0 Å². The zero-order valence-corrected chi connectivity index (χ0v) is 15.0. The van der Waals surface area contributed by atoms with Gasteiger partial charge < -0.3 is 14.8 Å². The molecule has 6 nitrogen and oxygen atoms in total. The lowest BCUT2D eigenvalue weighted by Gasteiger charge is -2.25. The molecule has 1 fully saturated rings. The van der Waals surface area contributed by atoms with E-state index in [-0.39, 0.29) is 36.0 Å². The highest BCUT2D eigenvalue weighted by atomic mass is 32.2. The SMILES string of the molecule is CC1CN(C(=O)NC(C)CCc2cccn2C)CCS(=O)(=O)C1. The fourth-order valence-electron chi connectivity index (χ4n) is 2.97. The maximum atomic E-state index is 12.4. The summed E-state index contributed by atoms with van der Waals surface area (Å²) in [6, 6.07) is 3.98. The van der Waals surface area contributed by atoms with Crippen LogP contribution in [0.1, 0.15) is 26.0 Å². The Balaban J connectivity index is 1.84. The minimum Gasteiger partial charge on any atom is -0.354 e. The van der Waals surface area contributed by atoms with Crippen LogP contribution in [0.25, 0.3) is 0 Å². The Hall–Kier alpha value is -1.50. The molecule has 1 N–H and O–H groups in total. The molecule has 0 bridgehead atoms. The second kappa shape index (κ2) is 7.38. The molecule has 2 rings (SSSR count). The molecule has 0 radical (unpaired) electrons. The van der Waals surface area contributed by atoms with Crippen LogP contribution in [0.4, 0.5) is 4.79 Å². The van der Waals surface area contributed by atoms with Gasteiger partial charge in [-0.15, -0.1) is 0 Å². The zero-order chi connectivity index (χ0) is 17.0. The summed E-state index contributed by atoms with van der Waals surface area (Å²) in [5, 5.41) is 2.99. The Morgan fingerprint density at radius 2 is 2.22 bits per heavy atom. The molecule has 2 amide bonds. The number of amides is 2. The van der Waals surface area contributed by atoms with E-state index in [0.717, 1.165) is 12.8 Å². The average Bonchev–Trinajstić information content (AvgIpc) is 2.79. The lowest BCUT2D eigenvalue weighted by atomic mass is 10.1. The van der Waals surface area contributed by atoms with Gasteiger partial charge in [0.2, 0.25) is 0 Å². The van der Waals surface area contributed by atoms with E-state index in [1.165, 1.54) is 5.69 Å². The highest BCUT2D eigenvalue weighted by Crippen LogP contribution is 2.12. The molecule has 23 heavy (non-hydrogen) atoms. The summed E-state index contributed by atoms with van der Waals surface area (Å²) in [4.78, 5) is 14.0. The summed E-state index contributed by atoms with van der Waals surface area (Å²) in [5.74, 6) is 0.203. The van der Waals surface area contributed by atoms with Gasteiger partial charge in [0.05, 0.1) is 11.5 Å². The van der Waals surface area contributed by atoms with Gasteiger partial charge in [-0.05, 0) is 37.8 Å². The van der Waals surface area contributed by atoms with Crippen molar-refractivity contribution in [1.29, 1.82) is 0 Å². The lowest BCUT2D eigenvalue weighted by molar-refractivity contribution is 0.192. The number of nitrogens with zero attached hydrogens (tertiary/aromatic N) is 2. The molecule has 1 aromatic rings. The van der Waals surface area contributed by atoms with Gasteiger partial charge in [0.25, 0.3) is 0 Å². The molecule has 1 aliphatic heterocycles. The van der Waals surface area contributed by atoms with Crippen molar-refractivity contribution in [2.45, 2.75) is 32.7 Å². The van der Waals surface area contributed by atoms with Crippen molar-refractivity contribution in [3.05, 3.63) is 24.0 Å². The fourth-order valence-corrected chi connectivity index (χ4v) is 4.60. The van der Waals surface area contributed by atoms with E-state index < -0.39 is 9.84 Å². The molecule has 2 heterocycles. The fraction of sp³-hybridized carbons (Fsp3) is 0.688. The van der Waals surface area contributed by atoms with Crippen LogP contribution >= 0.6 is 0 Å². The molecule has 7 heteroatoms. The van der Waals surface area contributed by atoms with Crippen LogP contribution in [0.15, 0.2) is 18.3 Å². The first kappa shape index (κ1) is 17.8. The summed E-state index contributed by atoms with van der Waals surface area (Å²) in [7, 11) is -1.02. The highest BCUT2D eigenvalue weighted by Gasteiger charge is 2.27. The summed E-state index contributed by atoms with van der Waals surface area (Å²) < 4.78 is 25.6. The largest absolute Gasteiger partial charge is 0.354 e. The normalized spacial score (nSPS) is 22.4. The zero-order valence-electron chi connectivity index (χ0n) is 14.2. The van der Waals surface area contributed by atoms with Crippen LogP contribution in [-0.2, 0) is 23.3 Å². The van der Waals surface area contributed by atoms with Crippen LogP contribution in [-0.4, -0.2) is 54.6 Å². The topological polar surface area (TPSA) is 71.4 Å². The average molecular weight is 341 g/mol. The number of aryl methyl sites for hydroxylation is 2. The number of carbonyl (C=O) groups excluding carboxylic acids is 1. The number of rotatable bonds is 4. The van der Waals surface area contributed by atoms with Crippen molar-refractivity contribution in [3.8, 4) is 0 Å². The molecule has 1 aliphatic rings. The van der Waals surface area contributed by atoms with Gasteiger partial charge in [-0.25, -0.2) is 13.2 Å². The number of nitrogens with one attached hydrogen (secondary N) is 1. The van der Waals surface area contributed by atoms with Crippen LogP contribution < -0.4 is 5.32 Å². The molecule has 0 aliphatic carbocycles. The Bertz CT molecular complexity index is 639. The van der Waals surface area contributed by atoms with Crippen molar-refractivity contribution in [3.63, 3.8) is 0 Å². The minimum absolute atomic E-state index is 0.0214. The molecular formula is C16H27N3O3S. The summed E-state index contributed by atoms with van der Waals surface area (Å²) >= 11 is 0. The third-order valence-corrected chi connectivity index (χ3v) is 6.17. The van der Waals surface area contributed by atoms with E-state index >= 15 is 0 Å². The summed E-state index contributed by atoms with van der Waals surface area (Å²) in [5.41, 5.74) is 1.24. The molecule has 0 aromatic carbocycles. The van der Waals surface area contributed by atoms with Crippen molar-refractivity contribution >= 4 is 15.9 Å². The second-order valence-corrected chi connectivity index (χ2v) is 8.89. The Morgan fingerprint density at radius 3 is 2.87 bits per heavy atom. The van der Waals surface area contributed by atoms with E-state index in [2.05, 4.69) is 16.0 Å². The molecule has 0 saturated carbocycles. The quantitative estimate of drug-likeness (QED) is 0.900. The molecule has 1 aromatic heterocycles. The first-order valence-corrected chi connectivity index (χ1v) is 9.95. The van der Waals surface area contributed by atoms with E-state index in [0.29, 0.717) is 6.54 Å². The Kier molecular flexibility index (Phi) is 5.73. The molecule has 0 spiro atoms. The summed E-state index contributed by atoms with van der Waals surface area (Å²) in [6.07, 6.45) is 3.76. The summed E-state index contributed by atoms with van der Waals surface area (Å²) in [6.45, 7) is 4.64. The van der Waals surface area contributed by atoms with E-state index in [1.807, 2.05) is 33.2 Å². The van der Waals surface area contributed by atoms with Gasteiger partial charge in [-0.3, -0.25) is 0 Å². The Labute approximate surface area is 138 Å². The van der Waals surface area contributed by atoms with Crippen molar-refractivity contribution in [2.75, 3.05) is 24.6 Å². The van der Waals surface area contributed by atoms with Crippen molar-refractivity contribution < 1.29 is 13.2 Å². The molecule has 1 saturated heterocycles. The van der Waals surface area contributed by atoms with Crippen molar-refractivity contribution in [2.24, 2.45) is 13.0 Å². The predicted octanol–water partition coefficient (Wildman–Crippen LogP) is 1.42. The third-order valence-electron chi connectivity index (χ3n) is 4.28. The number of urea groups is 1. The van der Waals surface area contributed by atoms with E-state index in [4.69, 9.17) is 0 Å². The standard InChI is InChI=1S/C16H27N3O3S/c1-13-11-19(9-10-23(21,22)12-13)16(20)17-14(2)6-7-15-5-4-8-18(15)3/h4-5,8,13-14H,6-7,9-12H2,1-3H3,(H,17,20). The first-order chi connectivity index (χ1) is 10.8. The number of aromatic nitrogens is 1. The van der Waals surface area contributed by atoms with Gasteiger partial charge in [-0.2, -0.15) is 0 Å². The Morgan fingerprint density at radius 1 is 1.48 bits per heavy atom. The minimum atomic E-state index is -3.03. The molecule has 2 unspecified atom stereocenters. The third kappa shape index (κ3) is 5.27. The second-order valence-electron chi connectivity index (χ2n) is 6.67. The molecular weight excluding hydrogens is 314 g/mol. The monoisotopic (exact) mass is 341 g/mol. The predicted molar refractivity (Wildman–Crippen MR) is 91.1 cm³/mol. The van der Waals surface area contributed by atoms with Gasteiger partial charge >= 0.3 is 6.03 Å². The first-order valence-electron chi connectivity index (χ1n) is 8.13.